The Labute approximate surface area is 181 Å². The number of hydrogen-bond donors (Lipinski definition) is 2. The lowest BCUT2D eigenvalue weighted by molar-refractivity contribution is 0.332. The van der Waals surface area contributed by atoms with Crippen molar-refractivity contribution in [3.63, 3.8) is 0 Å². The minimum atomic E-state index is -0.0913. The molecule has 1 aliphatic heterocycles. The Balaban J connectivity index is 1.42. The maximum atomic E-state index is 9.89. The highest BCUT2D eigenvalue weighted by molar-refractivity contribution is 7.14. The van der Waals surface area contributed by atoms with Crippen molar-refractivity contribution in [1.82, 2.24) is 24.7 Å². The van der Waals surface area contributed by atoms with Gasteiger partial charge < -0.3 is 15.0 Å². The largest absolute Gasteiger partial charge is 0.506 e. The quantitative estimate of drug-likeness (QED) is 0.496. The molecule has 5 rings (SSSR count). The second-order valence-corrected chi connectivity index (χ2v) is 8.37. The smallest absolute Gasteiger partial charge is 0.146 e. The van der Waals surface area contributed by atoms with Crippen LogP contribution in [0.15, 0.2) is 36.4 Å². The highest BCUT2D eigenvalue weighted by Gasteiger charge is 2.33. The van der Waals surface area contributed by atoms with E-state index in [0.29, 0.717) is 18.5 Å². The Morgan fingerprint density at radius 2 is 2.26 bits per heavy atom. The summed E-state index contributed by atoms with van der Waals surface area (Å²) in [5, 5.41) is 36.6. The maximum Gasteiger partial charge on any atom is 0.146 e. The Morgan fingerprint density at radius 3 is 3.10 bits per heavy atom. The number of H-pyrrole nitrogens is 1. The number of rotatable bonds is 5. The van der Waals surface area contributed by atoms with Crippen LogP contribution in [-0.2, 0) is 0 Å². The van der Waals surface area contributed by atoms with Gasteiger partial charge in [-0.3, -0.25) is 4.68 Å². The van der Waals surface area contributed by atoms with Crippen LogP contribution in [-0.4, -0.2) is 42.9 Å². The van der Waals surface area contributed by atoms with Crippen LogP contribution in [0.2, 0.25) is 0 Å². The van der Waals surface area contributed by atoms with Gasteiger partial charge in [0, 0.05) is 47.7 Å². The Morgan fingerprint density at radius 1 is 1.35 bits per heavy atom. The number of hydrogen-bond acceptors (Lipinski definition) is 8. The van der Waals surface area contributed by atoms with Gasteiger partial charge in [0.2, 0.25) is 0 Å². The lowest BCUT2D eigenvalue weighted by atomic mass is 9.96. The van der Waals surface area contributed by atoms with E-state index in [1.165, 1.54) is 17.7 Å². The van der Waals surface area contributed by atoms with Crippen molar-refractivity contribution in [3.05, 3.63) is 41.9 Å². The number of fused-ring (bicyclic) bond motifs is 1. The monoisotopic (exact) mass is 430 g/mol. The number of aromatic amines is 1. The van der Waals surface area contributed by atoms with Crippen molar-refractivity contribution in [3.8, 4) is 29.1 Å². The van der Waals surface area contributed by atoms with Crippen LogP contribution >= 0.6 is 11.3 Å². The summed E-state index contributed by atoms with van der Waals surface area (Å²) >= 11 is 1.37. The molecule has 0 spiro atoms. The number of nitrogens with zero attached hydrogens (tertiary/aromatic N) is 7. The van der Waals surface area contributed by atoms with Crippen LogP contribution in [0.1, 0.15) is 24.4 Å². The van der Waals surface area contributed by atoms with E-state index in [1.807, 2.05) is 23.1 Å². The van der Waals surface area contributed by atoms with Crippen molar-refractivity contribution >= 4 is 27.4 Å². The Hall–Kier alpha value is -3.89. The lowest BCUT2D eigenvalue weighted by Gasteiger charge is -2.23. The van der Waals surface area contributed by atoms with Crippen molar-refractivity contribution in [2.45, 2.75) is 18.9 Å². The molecule has 1 fully saturated rings. The molecule has 0 aliphatic carbocycles. The second-order valence-electron chi connectivity index (χ2n) is 7.51. The molecule has 31 heavy (non-hydrogen) atoms. The van der Waals surface area contributed by atoms with Gasteiger partial charge in [-0.15, -0.1) is 11.3 Å². The molecule has 4 aromatic rings. The number of nitrogens with one attached hydrogen (secondary N) is 1. The summed E-state index contributed by atoms with van der Waals surface area (Å²) in [6.45, 7) is 1.47. The summed E-state index contributed by atoms with van der Waals surface area (Å²) in [6, 6.07) is 6.24. The number of aromatic hydroxyl groups is 1. The minimum Gasteiger partial charge on any atom is -0.506 e. The first kappa shape index (κ1) is 19.1. The normalized spacial score (nSPS) is 17.0. The fraction of sp³-hybridized carbons (Fsp3) is 0.286. The highest BCUT2D eigenvalue weighted by atomic mass is 32.1. The number of thiophene rings is 1. The summed E-state index contributed by atoms with van der Waals surface area (Å²) < 4.78 is 1.87. The summed E-state index contributed by atoms with van der Waals surface area (Å²) in [5.74, 6) is 0.220. The van der Waals surface area contributed by atoms with Gasteiger partial charge in [-0.2, -0.15) is 15.6 Å². The summed E-state index contributed by atoms with van der Waals surface area (Å²) in [5.41, 5.74) is 2.77. The van der Waals surface area contributed by atoms with Gasteiger partial charge >= 0.3 is 0 Å². The predicted molar refractivity (Wildman–Crippen MR) is 115 cm³/mol. The zero-order valence-electron chi connectivity index (χ0n) is 16.4. The zero-order chi connectivity index (χ0) is 21.4. The molecule has 0 aromatic carbocycles. The molecule has 10 heteroatoms. The Kier molecular flexibility index (Phi) is 4.77. The fourth-order valence-corrected chi connectivity index (χ4v) is 5.20. The van der Waals surface area contributed by atoms with E-state index in [9.17, 15) is 15.6 Å². The molecule has 0 amide bonds. The zero-order valence-corrected chi connectivity index (χ0v) is 17.2. The van der Waals surface area contributed by atoms with E-state index in [-0.39, 0.29) is 17.7 Å². The van der Waals surface area contributed by atoms with Crippen LogP contribution < -0.4 is 4.90 Å². The molecule has 0 radical (unpaired) electrons. The van der Waals surface area contributed by atoms with Gasteiger partial charge in [-0.1, -0.05) is 0 Å². The van der Waals surface area contributed by atoms with Crippen molar-refractivity contribution in [1.29, 1.82) is 10.5 Å². The van der Waals surface area contributed by atoms with E-state index in [2.05, 4.69) is 37.1 Å². The van der Waals surface area contributed by atoms with Gasteiger partial charge in [0.1, 0.15) is 34.4 Å². The standard InChI is InChI=1S/C21H18N8OS/c22-4-1-17(13-3-6-28(9-13)21-16(7-23)18(30)11-31-21)29-10-14(8-27-29)19-15-2-5-24-20(15)26-12-25-19/h2,5,8,10-13,17,30H,1,3,6,9H2,(H,24,25,26). The second kappa shape index (κ2) is 7.74. The summed E-state index contributed by atoms with van der Waals surface area (Å²) in [6.07, 6.45) is 8.28. The highest BCUT2D eigenvalue weighted by Crippen LogP contribution is 2.40. The van der Waals surface area contributed by atoms with E-state index >= 15 is 0 Å². The Bertz CT molecular complexity index is 1320. The number of nitriles is 2. The molecule has 1 saturated heterocycles. The van der Waals surface area contributed by atoms with E-state index in [0.717, 1.165) is 40.3 Å². The lowest BCUT2D eigenvalue weighted by Crippen LogP contribution is -2.25. The van der Waals surface area contributed by atoms with Crippen LogP contribution in [0.25, 0.3) is 22.3 Å². The average Bonchev–Trinajstić information content (AvgIpc) is 3.57. The molecule has 154 valence electrons. The van der Waals surface area contributed by atoms with Gasteiger partial charge in [0.15, 0.2) is 0 Å². The molecule has 9 nitrogen and oxygen atoms in total. The van der Waals surface area contributed by atoms with E-state index < -0.39 is 0 Å². The molecule has 0 saturated carbocycles. The SMILES string of the molecule is N#CCC(C1CCN(c2scc(O)c2C#N)C1)n1cc(-c2ncnc3[nH]ccc23)cn1. The topological polar surface area (TPSA) is 130 Å². The molecular weight excluding hydrogens is 412 g/mol. The molecular formula is C21H18N8OS. The van der Waals surface area contributed by atoms with Gasteiger partial charge in [-0.05, 0) is 12.5 Å². The molecule has 5 heterocycles. The van der Waals surface area contributed by atoms with Crippen LogP contribution in [0.4, 0.5) is 5.00 Å². The number of anilines is 1. The average molecular weight is 430 g/mol. The first-order valence-electron chi connectivity index (χ1n) is 9.84. The van der Waals surface area contributed by atoms with Gasteiger partial charge in [0.25, 0.3) is 0 Å². The van der Waals surface area contributed by atoms with E-state index in [1.54, 1.807) is 11.6 Å². The maximum absolute atomic E-state index is 9.89. The fourth-order valence-electron chi connectivity index (χ4n) is 4.28. The minimum absolute atomic E-state index is 0.0252. The van der Waals surface area contributed by atoms with Gasteiger partial charge in [0.05, 0.1) is 30.4 Å². The van der Waals surface area contributed by atoms with Crippen molar-refractivity contribution < 1.29 is 5.11 Å². The van der Waals surface area contributed by atoms with Gasteiger partial charge in [-0.25, -0.2) is 9.97 Å². The molecule has 1 aliphatic rings. The molecule has 2 unspecified atom stereocenters. The molecule has 4 aromatic heterocycles. The summed E-state index contributed by atoms with van der Waals surface area (Å²) in [7, 11) is 0. The van der Waals surface area contributed by atoms with Crippen LogP contribution in [0, 0.1) is 28.6 Å². The number of aromatic nitrogens is 5. The van der Waals surface area contributed by atoms with Crippen LogP contribution in [0.3, 0.4) is 0 Å². The van der Waals surface area contributed by atoms with Crippen molar-refractivity contribution in [2.24, 2.45) is 5.92 Å². The summed E-state index contributed by atoms with van der Waals surface area (Å²) in [4.78, 5) is 13.9. The van der Waals surface area contributed by atoms with Crippen LogP contribution in [0.5, 0.6) is 5.75 Å². The molecule has 0 bridgehead atoms. The predicted octanol–water partition coefficient (Wildman–Crippen LogP) is 3.44. The van der Waals surface area contributed by atoms with E-state index in [4.69, 9.17) is 0 Å². The molecule has 2 N–H and O–H groups in total. The first-order chi connectivity index (χ1) is 15.2. The molecule has 2 atom stereocenters. The first-order valence-corrected chi connectivity index (χ1v) is 10.7. The third kappa shape index (κ3) is 3.27. The third-order valence-electron chi connectivity index (χ3n) is 5.79. The third-order valence-corrected chi connectivity index (χ3v) is 6.82. The van der Waals surface area contributed by atoms with Crippen molar-refractivity contribution in [2.75, 3.05) is 18.0 Å².